The third-order valence-electron chi connectivity index (χ3n) is 2.99. The molecule has 1 aliphatic rings. The van der Waals surface area contributed by atoms with Gasteiger partial charge in [0.05, 0.1) is 11.1 Å². The molecule has 0 aliphatic carbocycles. The molecule has 0 N–H and O–H groups in total. The maximum Gasteiger partial charge on any atom is 0.261 e. The Balaban J connectivity index is 2.09. The van der Waals surface area contributed by atoms with Gasteiger partial charge in [0.25, 0.3) is 11.8 Å². The molecule has 1 aromatic rings. The highest BCUT2D eigenvalue weighted by atomic mass is 16.7. The summed E-state index contributed by atoms with van der Waals surface area (Å²) < 4.78 is 10.1. The Bertz CT molecular complexity index is 433. The second-order valence-electron chi connectivity index (χ2n) is 4.00. The Morgan fingerprint density at radius 1 is 1.06 bits per heavy atom. The van der Waals surface area contributed by atoms with Crippen LogP contribution in [0.4, 0.5) is 0 Å². The molecule has 1 aliphatic heterocycles. The molecule has 0 aromatic heterocycles. The molecule has 0 fully saturated rings. The monoisotopic (exact) mass is 249 g/mol. The summed E-state index contributed by atoms with van der Waals surface area (Å²) in [6, 6.07) is 6.83. The number of hydrogen-bond donors (Lipinski definition) is 0. The van der Waals surface area contributed by atoms with E-state index in [9.17, 15) is 9.59 Å². The van der Waals surface area contributed by atoms with Crippen LogP contribution < -0.4 is 0 Å². The highest BCUT2D eigenvalue weighted by Gasteiger charge is 2.34. The highest BCUT2D eigenvalue weighted by Crippen LogP contribution is 2.22. The first-order valence-electron chi connectivity index (χ1n) is 5.70. The number of carbonyl (C=O) groups excluding carboxylic acids is 2. The van der Waals surface area contributed by atoms with Crippen LogP contribution in [-0.4, -0.2) is 43.8 Å². The molecule has 0 bridgehead atoms. The third kappa shape index (κ3) is 2.14. The normalized spacial score (nSPS) is 14.5. The number of nitrogens with zero attached hydrogens (tertiary/aromatic N) is 1. The molecule has 96 valence electrons. The number of imide groups is 1. The van der Waals surface area contributed by atoms with Crippen molar-refractivity contribution in [2.75, 3.05) is 20.8 Å². The minimum atomic E-state index is -0.408. The highest BCUT2D eigenvalue weighted by molar-refractivity contribution is 6.21. The van der Waals surface area contributed by atoms with E-state index in [2.05, 4.69) is 0 Å². The van der Waals surface area contributed by atoms with E-state index in [4.69, 9.17) is 9.47 Å². The second kappa shape index (κ2) is 5.29. The number of fused-ring (bicyclic) bond motifs is 1. The standard InChI is InChI=1S/C13H15NO4/c1-17-11(18-2)7-8-14-12(15)9-5-3-4-6-10(9)13(14)16/h3-6,11H,7-8H2,1-2H3. The SMILES string of the molecule is COC(CCN1C(=O)c2ccccc2C1=O)OC. The molecule has 5 nitrogen and oxygen atoms in total. The Hall–Kier alpha value is -1.72. The minimum absolute atomic E-state index is 0.249. The zero-order valence-corrected chi connectivity index (χ0v) is 10.4. The van der Waals surface area contributed by atoms with Crippen LogP contribution in [0.5, 0.6) is 0 Å². The van der Waals surface area contributed by atoms with Gasteiger partial charge in [0.1, 0.15) is 0 Å². The lowest BCUT2D eigenvalue weighted by atomic mass is 10.1. The van der Waals surface area contributed by atoms with Crippen LogP contribution in [0, 0.1) is 0 Å². The fourth-order valence-corrected chi connectivity index (χ4v) is 2.01. The molecule has 0 atom stereocenters. The predicted octanol–water partition coefficient (Wildman–Crippen LogP) is 1.29. The molecule has 0 saturated heterocycles. The van der Waals surface area contributed by atoms with Crippen molar-refractivity contribution in [3.05, 3.63) is 35.4 Å². The first kappa shape index (κ1) is 12.7. The lowest BCUT2D eigenvalue weighted by Crippen LogP contribution is -2.33. The summed E-state index contributed by atoms with van der Waals surface area (Å²) in [4.78, 5) is 25.3. The van der Waals surface area contributed by atoms with Crippen LogP contribution in [0.15, 0.2) is 24.3 Å². The number of benzene rings is 1. The van der Waals surface area contributed by atoms with Crippen LogP contribution in [-0.2, 0) is 9.47 Å². The van der Waals surface area contributed by atoms with E-state index < -0.39 is 6.29 Å². The number of methoxy groups -OCH3 is 2. The topological polar surface area (TPSA) is 55.8 Å². The maximum atomic E-state index is 12.0. The van der Waals surface area contributed by atoms with Crippen molar-refractivity contribution in [2.24, 2.45) is 0 Å². The quantitative estimate of drug-likeness (QED) is 0.583. The van der Waals surface area contributed by atoms with Crippen molar-refractivity contribution in [1.82, 2.24) is 4.90 Å². The average molecular weight is 249 g/mol. The van der Waals surface area contributed by atoms with E-state index in [0.29, 0.717) is 24.1 Å². The van der Waals surface area contributed by atoms with Gasteiger partial charge >= 0.3 is 0 Å². The predicted molar refractivity (Wildman–Crippen MR) is 64.2 cm³/mol. The van der Waals surface area contributed by atoms with E-state index in [0.717, 1.165) is 0 Å². The fraction of sp³-hybridized carbons (Fsp3) is 0.385. The van der Waals surface area contributed by atoms with Crippen molar-refractivity contribution in [2.45, 2.75) is 12.7 Å². The van der Waals surface area contributed by atoms with Crippen molar-refractivity contribution in [3.63, 3.8) is 0 Å². The van der Waals surface area contributed by atoms with Gasteiger partial charge in [-0.25, -0.2) is 0 Å². The van der Waals surface area contributed by atoms with E-state index in [1.54, 1.807) is 24.3 Å². The van der Waals surface area contributed by atoms with Crippen LogP contribution in [0.25, 0.3) is 0 Å². The Labute approximate surface area is 105 Å². The van der Waals surface area contributed by atoms with E-state index in [1.807, 2.05) is 0 Å². The average Bonchev–Trinajstić information content (AvgIpc) is 2.65. The van der Waals surface area contributed by atoms with Crippen LogP contribution in [0.3, 0.4) is 0 Å². The maximum absolute atomic E-state index is 12.0. The number of hydrogen-bond acceptors (Lipinski definition) is 4. The lowest BCUT2D eigenvalue weighted by Gasteiger charge is -2.18. The third-order valence-corrected chi connectivity index (χ3v) is 2.99. The molecule has 18 heavy (non-hydrogen) atoms. The number of carbonyl (C=O) groups is 2. The molecular weight excluding hydrogens is 234 g/mol. The van der Waals surface area contributed by atoms with E-state index >= 15 is 0 Å². The zero-order chi connectivity index (χ0) is 13.1. The molecule has 2 amide bonds. The van der Waals surface area contributed by atoms with Gasteiger partial charge in [-0.2, -0.15) is 0 Å². The number of amides is 2. The van der Waals surface area contributed by atoms with Crippen molar-refractivity contribution < 1.29 is 19.1 Å². The minimum Gasteiger partial charge on any atom is -0.356 e. The second-order valence-corrected chi connectivity index (χ2v) is 4.00. The Morgan fingerprint density at radius 3 is 2.00 bits per heavy atom. The van der Waals surface area contributed by atoms with Crippen molar-refractivity contribution in [1.29, 1.82) is 0 Å². The van der Waals surface area contributed by atoms with E-state index in [1.165, 1.54) is 19.1 Å². The molecule has 0 radical (unpaired) electrons. The molecule has 0 saturated carbocycles. The summed E-state index contributed by atoms with van der Waals surface area (Å²) >= 11 is 0. The zero-order valence-electron chi connectivity index (χ0n) is 10.4. The van der Waals surface area contributed by atoms with Crippen molar-refractivity contribution in [3.8, 4) is 0 Å². The van der Waals surface area contributed by atoms with Gasteiger partial charge in [0, 0.05) is 27.2 Å². The van der Waals surface area contributed by atoms with Gasteiger partial charge in [-0.15, -0.1) is 0 Å². The molecule has 0 spiro atoms. The summed E-state index contributed by atoms with van der Waals surface area (Å²) in [6.45, 7) is 0.290. The first-order chi connectivity index (χ1) is 8.69. The molecule has 5 heteroatoms. The van der Waals surface area contributed by atoms with Gasteiger partial charge < -0.3 is 9.47 Å². The smallest absolute Gasteiger partial charge is 0.261 e. The lowest BCUT2D eigenvalue weighted by molar-refractivity contribution is -0.107. The number of rotatable bonds is 5. The molecule has 1 aromatic carbocycles. The fourth-order valence-electron chi connectivity index (χ4n) is 2.01. The summed E-state index contributed by atoms with van der Waals surface area (Å²) in [5.74, 6) is -0.497. The van der Waals surface area contributed by atoms with E-state index in [-0.39, 0.29) is 11.8 Å². The van der Waals surface area contributed by atoms with Gasteiger partial charge in [-0.3, -0.25) is 14.5 Å². The summed E-state index contributed by atoms with van der Waals surface area (Å²) in [7, 11) is 3.05. The van der Waals surface area contributed by atoms with Gasteiger partial charge in [0.15, 0.2) is 6.29 Å². The molecular formula is C13H15NO4. The van der Waals surface area contributed by atoms with Gasteiger partial charge in [-0.1, -0.05) is 12.1 Å². The Kier molecular flexibility index (Phi) is 3.74. The first-order valence-corrected chi connectivity index (χ1v) is 5.70. The molecule has 0 unspecified atom stereocenters. The number of ether oxygens (including phenoxy) is 2. The summed E-state index contributed by atoms with van der Waals surface area (Å²) in [5, 5.41) is 0. The largest absolute Gasteiger partial charge is 0.356 e. The summed E-state index contributed by atoms with van der Waals surface area (Å²) in [6.07, 6.45) is 0.0488. The molecule has 1 heterocycles. The van der Waals surface area contributed by atoms with Crippen LogP contribution in [0.2, 0.25) is 0 Å². The summed E-state index contributed by atoms with van der Waals surface area (Å²) in [5.41, 5.74) is 0.933. The van der Waals surface area contributed by atoms with Crippen LogP contribution >= 0.6 is 0 Å². The molecule has 2 rings (SSSR count). The van der Waals surface area contributed by atoms with Gasteiger partial charge in [-0.05, 0) is 12.1 Å². The van der Waals surface area contributed by atoms with Crippen molar-refractivity contribution >= 4 is 11.8 Å². The van der Waals surface area contributed by atoms with Gasteiger partial charge in [0.2, 0.25) is 0 Å². The Morgan fingerprint density at radius 2 is 1.56 bits per heavy atom. The van der Waals surface area contributed by atoms with Crippen LogP contribution in [0.1, 0.15) is 27.1 Å².